The lowest BCUT2D eigenvalue weighted by Crippen LogP contribution is -1.93. The third kappa shape index (κ3) is 2.58. The predicted octanol–water partition coefficient (Wildman–Crippen LogP) is 3.38. The van der Waals surface area contributed by atoms with Crippen LogP contribution >= 0.6 is 11.8 Å². The van der Waals surface area contributed by atoms with Gasteiger partial charge in [-0.15, -0.1) is 0 Å². The molecule has 0 amide bonds. The summed E-state index contributed by atoms with van der Waals surface area (Å²) in [5.41, 5.74) is 9.35. The second-order valence-electron chi connectivity index (χ2n) is 4.62. The fourth-order valence-corrected chi connectivity index (χ4v) is 3.05. The molecule has 1 aromatic carbocycles. The summed E-state index contributed by atoms with van der Waals surface area (Å²) in [6.07, 6.45) is 1.78. The minimum Gasteiger partial charge on any atom is -0.399 e. The summed E-state index contributed by atoms with van der Waals surface area (Å²) in [5.74, 6) is 0. The summed E-state index contributed by atoms with van der Waals surface area (Å²) in [4.78, 5) is 14.3. The van der Waals surface area contributed by atoms with Gasteiger partial charge in [-0.3, -0.25) is 4.98 Å². The van der Waals surface area contributed by atoms with Crippen LogP contribution in [-0.2, 0) is 0 Å². The molecule has 2 heterocycles. The van der Waals surface area contributed by atoms with E-state index >= 15 is 0 Å². The highest BCUT2D eigenvalue weighted by Gasteiger charge is 2.07. The predicted molar refractivity (Wildman–Crippen MR) is 81.8 cm³/mol. The first-order chi connectivity index (χ1) is 9.61. The number of hydrogen-bond donors (Lipinski definition) is 1. The average Bonchev–Trinajstić information content (AvgIpc) is 2.37. The van der Waals surface area contributed by atoms with Crippen molar-refractivity contribution in [3.05, 3.63) is 47.9 Å². The molecule has 3 rings (SSSR count). The molecular formula is C15H14N4S. The Bertz CT molecular complexity index is 766. The largest absolute Gasteiger partial charge is 0.399 e. The highest BCUT2D eigenvalue weighted by atomic mass is 32.2. The van der Waals surface area contributed by atoms with Crippen molar-refractivity contribution in [1.82, 2.24) is 15.0 Å². The Hall–Kier alpha value is -2.14. The van der Waals surface area contributed by atoms with Crippen LogP contribution in [-0.4, -0.2) is 15.0 Å². The summed E-state index contributed by atoms with van der Waals surface area (Å²) >= 11 is 1.55. The molecule has 0 aliphatic carbocycles. The Kier molecular flexibility index (Phi) is 3.28. The van der Waals surface area contributed by atoms with Crippen LogP contribution in [0.2, 0.25) is 0 Å². The second kappa shape index (κ2) is 5.09. The van der Waals surface area contributed by atoms with E-state index in [0.29, 0.717) is 0 Å². The Labute approximate surface area is 121 Å². The molecule has 0 spiro atoms. The van der Waals surface area contributed by atoms with E-state index in [9.17, 15) is 0 Å². The quantitative estimate of drug-likeness (QED) is 0.576. The molecule has 2 aromatic heterocycles. The summed E-state index contributed by atoms with van der Waals surface area (Å²) in [5, 5.41) is 1.82. The van der Waals surface area contributed by atoms with E-state index in [2.05, 4.69) is 15.0 Å². The molecule has 0 aliphatic heterocycles. The summed E-state index contributed by atoms with van der Waals surface area (Å²) in [6, 6.07) is 9.69. The number of nitrogen functional groups attached to an aromatic ring is 1. The smallest absolute Gasteiger partial charge is 0.192 e. The van der Waals surface area contributed by atoms with Crippen LogP contribution in [0, 0.1) is 13.8 Å². The van der Waals surface area contributed by atoms with Gasteiger partial charge in [-0.05, 0) is 55.9 Å². The molecule has 0 aliphatic rings. The van der Waals surface area contributed by atoms with Crippen molar-refractivity contribution in [3.8, 4) is 0 Å². The zero-order chi connectivity index (χ0) is 14.1. The summed E-state index contributed by atoms with van der Waals surface area (Å²) < 4.78 is 0. The van der Waals surface area contributed by atoms with Gasteiger partial charge in [-0.25, -0.2) is 9.97 Å². The molecule has 0 saturated carbocycles. The molecule has 4 nitrogen and oxygen atoms in total. The van der Waals surface area contributed by atoms with Gasteiger partial charge in [-0.2, -0.15) is 0 Å². The molecule has 3 aromatic rings. The number of hydrogen-bond acceptors (Lipinski definition) is 5. The topological polar surface area (TPSA) is 64.7 Å². The third-order valence-electron chi connectivity index (χ3n) is 2.89. The Morgan fingerprint density at radius 3 is 2.50 bits per heavy atom. The lowest BCUT2D eigenvalue weighted by atomic mass is 10.2. The maximum Gasteiger partial charge on any atom is 0.192 e. The van der Waals surface area contributed by atoms with Crippen LogP contribution in [0.15, 0.2) is 46.6 Å². The molecule has 0 bridgehead atoms. The van der Waals surface area contributed by atoms with Crippen molar-refractivity contribution in [3.63, 3.8) is 0 Å². The van der Waals surface area contributed by atoms with E-state index < -0.39 is 0 Å². The number of nitrogens with zero attached hydrogens (tertiary/aromatic N) is 3. The standard InChI is InChI=1S/C15H14N4S/c1-9-7-10(2)19-15(18-9)20-14-5-6-17-13-8-11(16)3-4-12(13)14/h3-8H,16H2,1-2H3. The molecule has 20 heavy (non-hydrogen) atoms. The number of fused-ring (bicyclic) bond motifs is 1. The monoisotopic (exact) mass is 282 g/mol. The van der Waals surface area contributed by atoms with E-state index in [4.69, 9.17) is 5.73 Å². The molecule has 2 N–H and O–H groups in total. The van der Waals surface area contributed by atoms with Crippen LogP contribution in [0.3, 0.4) is 0 Å². The highest BCUT2D eigenvalue weighted by molar-refractivity contribution is 7.99. The SMILES string of the molecule is Cc1cc(C)nc(Sc2ccnc3cc(N)ccc23)n1. The first-order valence-electron chi connectivity index (χ1n) is 6.26. The Morgan fingerprint density at radius 2 is 1.75 bits per heavy atom. The molecule has 0 unspecified atom stereocenters. The van der Waals surface area contributed by atoms with E-state index in [1.54, 1.807) is 18.0 Å². The van der Waals surface area contributed by atoms with Gasteiger partial charge in [0.15, 0.2) is 5.16 Å². The average molecular weight is 282 g/mol. The highest BCUT2D eigenvalue weighted by Crippen LogP contribution is 2.31. The number of rotatable bonds is 2. The zero-order valence-electron chi connectivity index (χ0n) is 11.3. The van der Waals surface area contributed by atoms with Crippen molar-refractivity contribution in [2.75, 3.05) is 5.73 Å². The van der Waals surface area contributed by atoms with Crippen molar-refractivity contribution >= 4 is 28.4 Å². The number of pyridine rings is 1. The minimum atomic E-state index is 0.717. The molecule has 0 fully saturated rings. The molecular weight excluding hydrogens is 268 g/mol. The maximum absolute atomic E-state index is 5.79. The van der Waals surface area contributed by atoms with E-state index in [1.807, 2.05) is 44.2 Å². The molecule has 100 valence electrons. The van der Waals surface area contributed by atoms with Crippen LogP contribution < -0.4 is 5.73 Å². The van der Waals surface area contributed by atoms with Gasteiger partial charge in [0.2, 0.25) is 0 Å². The number of aromatic nitrogens is 3. The van der Waals surface area contributed by atoms with E-state index in [-0.39, 0.29) is 0 Å². The Balaban J connectivity index is 2.06. The van der Waals surface area contributed by atoms with Gasteiger partial charge in [0, 0.05) is 33.6 Å². The first kappa shape index (κ1) is 12.9. The van der Waals surface area contributed by atoms with E-state index in [1.165, 1.54) is 0 Å². The van der Waals surface area contributed by atoms with E-state index in [0.717, 1.165) is 38.0 Å². The van der Waals surface area contributed by atoms with Gasteiger partial charge < -0.3 is 5.73 Å². The van der Waals surface area contributed by atoms with Crippen LogP contribution in [0.5, 0.6) is 0 Å². The van der Waals surface area contributed by atoms with Crippen LogP contribution in [0.1, 0.15) is 11.4 Å². The van der Waals surface area contributed by atoms with Gasteiger partial charge in [0.25, 0.3) is 0 Å². The minimum absolute atomic E-state index is 0.717. The van der Waals surface area contributed by atoms with Gasteiger partial charge in [0.1, 0.15) is 0 Å². The van der Waals surface area contributed by atoms with Gasteiger partial charge in [0.05, 0.1) is 5.52 Å². The van der Waals surface area contributed by atoms with Crippen molar-refractivity contribution in [2.45, 2.75) is 23.9 Å². The van der Waals surface area contributed by atoms with Crippen molar-refractivity contribution in [1.29, 1.82) is 0 Å². The number of benzene rings is 1. The normalized spacial score (nSPS) is 10.9. The van der Waals surface area contributed by atoms with Crippen LogP contribution in [0.4, 0.5) is 5.69 Å². The summed E-state index contributed by atoms with van der Waals surface area (Å²) in [6.45, 7) is 3.95. The van der Waals surface area contributed by atoms with Gasteiger partial charge >= 0.3 is 0 Å². The fraction of sp³-hybridized carbons (Fsp3) is 0.133. The van der Waals surface area contributed by atoms with Crippen molar-refractivity contribution < 1.29 is 0 Å². The summed E-state index contributed by atoms with van der Waals surface area (Å²) in [7, 11) is 0. The van der Waals surface area contributed by atoms with Gasteiger partial charge in [-0.1, -0.05) is 0 Å². The zero-order valence-corrected chi connectivity index (χ0v) is 12.1. The molecule has 0 atom stereocenters. The number of nitrogens with two attached hydrogens (primary N) is 1. The molecule has 5 heteroatoms. The maximum atomic E-state index is 5.79. The second-order valence-corrected chi connectivity index (χ2v) is 5.63. The fourth-order valence-electron chi connectivity index (χ4n) is 2.07. The number of anilines is 1. The lowest BCUT2D eigenvalue weighted by molar-refractivity contribution is 0.902. The first-order valence-corrected chi connectivity index (χ1v) is 7.08. The van der Waals surface area contributed by atoms with Crippen LogP contribution in [0.25, 0.3) is 10.9 Å². The molecule has 0 radical (unpaired) electrons. The Morgan fingerprint density at radius 1 is 1.00 bits per heavy atom. The lowest BCUT2D eigenvalue weighted by Gasteiger charge is -2.06. The van der Waals surface area contributed by atoms with Crippen molar-refractivity contribution in [2.24, 2.45) is 0 Å². The number of aryl methyl sites for hydroxylation is 2. The molecule has 0 saturated heterocycles. The third-order valence-corrected chi connectivity index (χ3v) is 3.83.